The van der Waals surface area contributed by atoms with Crippen LogP contribution in [0.2, 0.25) is 0 Å². The van der Waals surface area contributed by atoms with Crippen molar-refractivity contribution in [3.63, 3.8) is 0 Å². The van der Waals surface area contributed by atoms with Gasteiger partial charge in [0.15, 0.2) is 5.76 Å². The molecular formula is C10H8O. The van der Waals surface area contributed by atoms with Gasteiger partial charge in [-0.05, 0) is 24.6 Å². The second kappa shape index (κ2) is 3.48. The quantitative estimate of drug-likeness (QED) is 0.456. The summed E-state index contributed by atoms with van der Waals surface area (Å²) in [7, 11) is 0. The Morgan fingerprint density at radius 2 is 2.00 bits per heavy atom. The lowest BCUT2D eigenvalue weighted by Crippen LogP contribution is -1.88. The molecule has 0 atom stereocenters. The van der Waals surface area contributed by atoms with Crippen LogP contribution >= 0.6 is 0 Å². The van der Waals surface area contributed by atoms with Crippen LogP contribution in [0.5, 0.6) is 5.75 Å². The Hall–Kier alpha value is -1.68. The fourth-order valence-corrected chi connectivity index (χ4v) is 0.660. The molecule has 1 heteroatoms. The van der Waals surface area contributed by atoms with Crippen molar-refractivity contribution in [3.05, 3.63) is 42.7 Å². The molecule has 1 aromatic carbocycles. The zero-order valence-corrected chi connectivity index (χ0v) is 6.08. The van der Waals surface area contributed by atoms with E-state index in [1.807, 2.05) is 30.3 Å². The highest BCUT2D eigenvalue weighted by molar-refractivity contribution is 5.27. The predicted octanol–water partition coefficient (Wildman–Crippen LogP) is 2.21. The summed E-state index contributed by atoms with van der Waals surface area (Å²) in [6.07, 6.45) is 5.05. The van der Waals surface area contributed by atoms with Crippen molar-refractivity contribution in [1.29, 1.82) is 0 Å². The van der Waals surface area contributed by atoms with Gasteiger partial charge >= 0.3 is 0 Å². The second-order valence-electron chi connectivity index (χ2n) is 1.98. The Morgan fingerprint density at radius 3 is 2.55 bits per heavy atom. The van der Waals surface area contributed by atoms with E-state index in [1.165, 1.54) is 0 Å². The molecule has 0 radical (unpaired) electrons. The fraction of sp³-hybridized carbons (Fsp3) is 0. The van der Waals surface area contributed by atoms with E-state index in [-0.39, 0.29) is 0 Å². The van der Waals surface area contributed by atoms with Crippen molar-refractivity contribution in [2.75, 3.05) is 0 Å². The molecule has 0 fully saturated rings. The molecule has 54 valence electrons. The molecule has 1 nitrogen and oxygen atoms in total. The van der Waals surface area contributed by atoms with Crippen LogP contribution in [0.4, 0.5) is 0 Å². The summed E-state index contributed by atoms with van der Waals surface area (Å²) >= 11 is 0. The highest BCUT2D eigenvalue weighted by atomic mass is 16.5. The molecule has 0 aliphatic rings. The van der Waals surface area contributed by atoms with Crippen LogP contribution < -0.4 is 4.74 Å². The van der Waals surface area contributed by atoms with E-state index < -0.39 is 0 Å². The number of hydrogen-bond acceptors (Lipinski definition) is 1. The minimum absolute atomic E-state index is 0.330. The van der Waals surface area contributed by atoms with Gasteiger partial charge in [0.05, 0.1) is 0 Å². The Bertz CT molecular complexity index is 279. The first-order chi connectivity index (χ1) is 5.33. The van der Waals surface area contributed by atoms with Crippen molar-refractivity contribution in [2.24, 2.45) is 0 Å². The van der Waals surface area contributed by atoms with Gasteiger partial charge in [-0.25, -0.2) is 0 Å². The average molecular weight is 144 g/mol. The fourth-order valence-electron chi connectivity index (χ4n) is 0.660. The third-order valence-electron chi connectivity index (χ3n) is 1.15. The largest absolute Gasteiger partial charge is 0.449 e. The van der Waals surface area contributed by atoms with Gasteiger partial charge in [0.1, 0.15) is 5.75 Å². The Labute approximate surface area is 66.3 Å². The summed E-state index contributed by atoms with van der Waals surface area (Å²) in [6, 6.07) is 9.30. The van der Waals surface area contributed by atoms with Crippen LogP contribution in [0.25, 0.3) is 0 Å². The van der Waals surface area contributed by atoms with E-state index in [9.17, 15) is 0 Å². The predicted molar refractivity (Wildman–Crippen MR) is 45.0 cm³/mol. The molecule has 0 aliphatic heterocycles. The SMILES string of the molecule is C#CC(=C)Oc1ccccc1. The van der Waals surface area contributed by atoms with Crippen LogP contribution in [0.1, 0.15) is 0 Å². The van der Waals surface area contributed by atoms with E-state index in [0.29, 0.717) is 5.76 Å². The lowest BCUT2D eigenvalue weighted by Gasteiger charge is -2.00. The summed E-state index contributed by atoms with van der Waals surface area (Å²) in [5, 5.41) is 0. The Morgan fingerprint density at radius 1 is 1.36 bits per heavy atom. The molecule has 0 bridgehead atoms. The van der Waals surface area contributed by atoms with Crippen molar-refractivity contribution in [3.8, 4) is 18.1 Å². The monoisotopic (exact) mass is 144 g/mol. The molecule has 0 amide bonds. The first kappa shape index (κ1) is 7.43. The van der Waals surface area contributed by atoms with E-state index in [1.54, 1.807) is 0 Å². The molecule has 0 heterocycles. The second-order valence-corrected chi connectivity index (χ2v) is 1.98. The lowest BCUT2D eigenvalue weighted by molar-refractivity contribution is 0.452. The van der Waals surface area contributed by atoms with Crippen LogP contribution in [-0.4, -0.2) is 0 Å². The van der Waals surface area contributed by atoms with Crippen molar-refractivity contribution < 1.29 is 4.74 Å². The molecule has 0 saturated heterocycles. The third kappa shape index (κ3) is 2.19. The Balaban J connectivity index is 2.67. The van der Waals surface area contributed by atoms with E-state index in [4.69, 9.17) is 11.2 Å². The molecule has 0 N–H and O–H groups in total. The number of terminal acetylenes is 1. The van der Waals surface area contributed by atoms with Gasteiger partial charge in [-0.3, -0.25) is 0 Å². The molecule has 0 unspecified atom stereocenters. The summed E-state index contributed by atoms with van der Waals surface area (Å²) in [5.41, 5.74) is 0. The molecule has 0 saturated carbocycles. The van der Waals surface area contributed by atoms with Gasteiger partial charge in [0.25, 0.3) is 0 Å². The average Bonchev–Trinajstić information content (AvgIpc) is 2.06. The van der Waals surface area contributed by atoms with Gasteiger partial charge in [-0.2, -0.15) is 0 Å². The molecule has 11 heavy (non-hydrogen) atoms. The van der Waals surface area contributed by atoms with Crippen molar-refractivity contribution >= 4 is 0 Å². The van der Waals surface area contributed by atoms with E-state index in [2.05, 4.69) is 12.5 Å². The molecule has 0 aliphatic carbocycles. The molecular weight excluding hydrogens is 136 g/mol. The number of ether oxygens (including phenoxy) is 1. The van der Waals surface area contributed by atoms with Crippen molar-refractivity contribution in [2.45, 2.75) is 0 Å². The Kier molecular flexibility index (Phi) is 2.35. The lowest BCUT2D eigenvalue weighted by atomic mass is 10.3. The maximum absolute atomic E-state index is 5.13. The van der Waals surface area contributed by atoms with Crippen LogP contribution in [0.15, 0.2) is 42.7 Å². The standard InChI is InChI=1S/C10H8O/c1-3-9(2)11-10-7-5-4-6-8-10/h1,4-8H,2H2. The normalized spacial score (nSPS) is 8.27. The maximum Gasteiger partial charge on any atom is 0.169 e. The topological polar surface area (TPSA) is 9.23 Å². The minimum atomic E-state index is 0.330. The van der Waals surface area contributed by atoms with Gasteiger partial charge in [-0.1, -0.05) is 18.2 Å². The number of benzene rings is 1. The van der Waals surface area contributed by atoms with Crippen LogP contribution in [0.3, 0.4) is 0 Å². The molecule has 0 spiro atoms. The summed E-state index contributed by atoms with van der Waals surface area (Å²) in [6.45, 7) is 3.51. The van der Waals surface area contributed by atoms with Gasteiger partial charge < -0.3 is 4.74 Å². The molecule has 1 aromatic rings. The zero-order valence-electron chi connectivity index (χ0n) is 6.08. The minimum Gasteiger partial charge on any atom is -0.449 e. The van der Waals surface area contributed by atoms with Crippen LogP contribution in [0, 0.1) is 12.3 Å². The number of allylic oxidation sites excluding steroid dienone is 1. The maximum atomic E-state index is 5.13. The number of rotatable bonds is 2. The summed E-state index contributed by atoms with van der Waals surface area (Å²) in [4.78, 5) is 0. The number of hydrogen-bond donors (Lipinski definition) is 0. The van der Waals surface area contributed by atoms with Crippen molar-refractivity contribution in [1.82, 2.24) is 0 Å². The summed E-state index contributed by atoms with van der Waals surface area (Å²) < 4.78 is 5.13. The molecule has 0 aromatic heterocycles. The van der Waals surface area contributed by atoms with E-state index in [0.717, 1.165) is 5.75 Å². The van der Waals surface area contributed by atoms with Gasteiger partial charge in [0.2, 0.25) is 0 Å². The zero-order chi connectivity index (χ0) is 8.10. The first-order valence-electron chi connectivity index (χ1n) is 3.21. The van der Waals surface area contributed by atoms with Crippen LogP contribution in [-0.2, 0) is 0 Å². The number of para-hydroxylation sites is 1. The highest BCUT2D eigenvalue weighted by Crippen LogP contribution is 2.10. The van der Waals surface area contributed by atoms with E-state index >= 15 is 0 Å². The summed E-state index contributed by atoms with van der Waals surface area (Å²) in [5.74, 6) is 3.34. The third-order valence-corrected chi connectivity index (χ3v) is 1.15. The van der Waals surface area contributed by atoms with Gasteiger partial charge in [0, 0.05) is 0 Å². The molecule has 1 rings (SSSR count). The smallest absolute Gasteiger partial charge is 0.169 e. The van der Waals surface area contributed by atoms with Gasteiger partial charge in [-0.15, -0.1) is 6.42 Å². The first-order valence-corrected chi connectivity index (χ1v) is 3.21. The highest BCUT2D eigenvalue weighted by Gasteiger charge is 1.90.